The molecule has 0 saturated heterocycles. The van der Waals surface area contributed by atoms with E-state index < -0.39 is 46.4 Å². The molecule has 6 nitrogen and oxygen atoms in total. The number of anilines is 1. The summed E-state index contributed by atoms with van der Waals surface area (Å²) in [6.45, 7) is 1.42. The number of carbonyl (C=O) groups is 1. The lowest BCUT2D eigenvalue weighted by Gasteiger charge is -2.35. The molecule has 1 amide bonds. The molecule has 1 aliphatic heterocycles. The Morgan fingerprint density at radius 3 is 2.00 bits per heavy atom. The number of amides is 1. The number of carbonyl (C=O) groups excluding carboxylic acids is 1. The molecule has 4 rings (SSSR count). The van der Waals surface area contributed by atoms with E-state index in [1.807, 2.05) is 0 Å². The Bertz CT molecular complexity index is 1520. The van der Waals surface area contributed by atoms with E-state index in [0.29, 0.717) is 34.2 Å². The summed E-state index contributed by atoms with van der Waals surface area (Å²) in [6, 6.07) is 11.3. The number of aliphatic hydroxyl groups is 2. The van der Waals surface area contributed by atoms with Crippen LogP contribution in [0.5, 0.6) is 0 Å². The summed E-state index contributed by atoms with van der Waals surface area (Å²) in [7, 11) is -1.84. The summed E-state index contributed by atoms with van der Waals surface area (Å²) in [5.74, 6) is -0.766. The van der Waals surface area contributed by atoms with E-state index in [-0.39, 0.29) is 41.6 Å². The van der Waals surface area contributed by atoms with E-state index in [4.69, 9.17) is 28.3 Å². The predicted octanol–water partition coefficient (Wildman–Crippen LogP) is 7.03. The third-order valence-corrected chi connectivity index (χ3v) is 8.35. The first-order valence-electron chi connectivity index (χ1n) is 13.0. The van der Waals surface area contributed by atoms with Gasteiger partial charge in [0.2, 0.25) is 5.91 Å². The van der Waals surface area contributed by atoms with E-state index in [9.17, 15) is 44.8 Å². The maximum absolute atomic E-state index is 13.1. The Balaban J connectivity index is 0.000000365. The van der Waals surface area contributed by atoms with Crippen LogP contribution in [0.15, 0.2) is 65.6 Å². The van der Waals surface area contributed by atoms with Gasteiger partial charge in [0.05, 0.1) is 23.2 Å². The topological polar surface area (TPSA) is 89.9 Å². The van der Waals surface area contributed by atoms with Gasteiger partial charge in [-0.3, -0.25) is 9.10 Å². The molecule has 3 N–H and O–H groups in total. The van der Waals surface area contributed by atoms with E-state index in [1.54, 1.807) is 18.2 Å². The number of alkyl halides is 6. The second kappa shape index (κ2) is 16.0. The minimum absolute atomic E-state index is 0.0936. The van der Waals surface area contributed by atoms with Crippen LogP contribution >= 0.6 is 23.2 Å². The van der Waals surface area contributed by atoms with Gasteiger partial charge in [-0.2, -0.15) is 26.3 Å². The van der Waals surface area contributed by atoms with Crippen molar-refractivity contribution in [3.8, 4) is 12.8 Å². The van der Waals surface area contributed by atoms with Gasteiger partial charge in [0, 0.05) is 29.1 Å². The third-order valence-electron chi connectivity index (χ3n) is 6.46. The van der Waals surface area contributed by atoms with Crippen molar-refractivity contribution in [1.82, 2.24) is 5.32 Å². The molecule has 0 spiro atoms. The van der Waals surface area contributed by atoms with Crippen LogP contribution in [0.2, 0.25) is 10.0 Å². The highest BCUT2D eigenvalue weighted by atomic mass is 35.5. The monoisotopic (exact) mass is 714 g/mol. The Kier molecular flexibility index (Phi) is 13.5. The van der Waals surface area contributed by atoms with Gasteiger partial charge in [0.15, 0.2) is 11.0 Å². The first-order chi connectivity index (χ1) is 21.4. The van der Waals surface area contributed by atoms with Crippen LogP contribution in [0.4, 0.5) is 36.4 Å². The van der Waals surface area contributed by atoms with Gasteiger partial charge in [0.1, 0.15) is 5.82 Å². The zero-order chi connectivity index (χ0) is 35.0. The Morgan fingerprint density at radius 2 is 1.52 bits per heavy atom. The molecule has 0 aliphatic carbocycles. The quantitative estimate of drug-likeness (QED) is 0.189. The first kappa shape index (κ1) is 38.8. The molecule has 3 aromatic carbocycles. The molecule has 16 heteroatoms. The normalized spacial score (nSPS) is 14.4. The highest BCUT2D eigenvalue weighted by molar-refractivity contribution is 7.86. The minimum atomic E-state index is -5.98. The van der Waals surface area contributed by atoms with Crippen molar-refractivity contribution >= 4 is 45.8 Å². The van der Waals surface area contributed by atoms with Gasteiger partial charge in [-0.15, -0.1) is 12.8 Å². The lowest BCUT2D eigenvalue weighted by Crippen LogP contribution is -2.54. The number of aryl methyl sites for hydroxylation is 1. The van der Waals surface area contributed by atoms with Crippen LogP contribution in [-0.4, -0.2) is 45.8 Å². The maximum atomic E-state index is 13.1. The number of nitrogens with zero attached hydrogens (tertiary/aromatic N) is 1. The zero-order valence-corrected chi connectivity index (χ0v) is 26.1. The number of aliphatic hydroxyl groups excluding tert-OH is 1. The number of hydrogen-bond donors (Lipinski definition) is 3. The predicted molar refractivity (Wildman–Crippen MR) is 161 cm³/mol. The fourth-order valence-corrected chi connectivity index (χ4v) is 6.20. The molecule has 2 unspecified atom stereocenters. The van der Waals surface area contributed by atoms with Gasteiger partial charge < -0.3 is 15.5 Å². The molecule has 3 aromatic rings. The number of terminal acetylenes is 1. The lowest BCUT2D eigenvalue weighted by atomic mass is 9.89. The van der Waals surface area contributed by atoms with Gasteiger partial charge >= 0.3 is 12.4 Å². The van der Waals surface area contributed by atoms with Gasteiger partial charge in [0.25, 0.3) is 5.60 Å². The van der Waals surface area contributed by atoms with Crippen molar-refractivity contribution in [3.05, 3.63) is 93.2 Å². The van der Waals surface area contributed by atoms with E-state index in [2.05, 4.69) is 18.2 Å². The zero-order valence-electron chi connectivity index (χ0n) is 23.8. The summed E-state index contributed by atoms with van der Waals surface area (Å²) >= 11 is 11.6. The number of fused-ring (bicyclic) bond motifs is 1. The smallest absolute Gasteiger partial charge is 0.394 e. The second-order valence-electron chi connectivity index (χ2n) is 9.60. The van der Waals surface area contributed by atoms with Crippen molar-refractivity contribution in [2.45, 2.75) is 48.7 Å². The summed E-state index contributed by atoms with van der Waals surface area (Å²) in [5.41, 5.74) is -5.41. The number of halogens is 9. The molecule has 2 atom stereocenters. The van der Waals surface area contributed by atoms with Crippen molar-refractivity contribution in [2.24, 2.45) is 0 Å². The fraction of sp³-hybridized carbons (Fsp3) is 0.300. The molecular formula is C30H27Cl2F7N2O4S. The molecule has 1 heterocycles. The number of hydrogen-bond acceptors (Lipinski definition) is 4. The molecule has 1 aliphatic rings. The number of benzene rings is 3. The Morgan fingerprint density at radius 1 is 0.978 bits per heavy atom. The molecule has 46 heavy (non-hydrogen) atoms. The Labute approximate surface area is 272 Å². The average molecular weight is 716 g/mol. The van der Waals surface area contributed by atoms with E-state index >= 15 is 0 Å². The molecule has 0 saturated carbocycles. The molecule has 0 aromatic heterocycles. The highest BCUT2D eigenvalue weighted by Crippen LogP contribution is 2.51. The van der Waals surface area contributed by atoms with Crippen LogP contribution in [0.25, 0.3) is 0 Å². The Hall–Kier alpha value is -3.35. The van der Waals surface area contributed by atoms with Crippen LogP contribution in [-0.2, 0) is 27.8 Å². The maximum Gasteiger partial charge on any atom is 0.430 e. The van der Waals surface area contributed by atoms with Crippen molar-refractivity contribution in [1.29, 1.82) is 0 Å². The van der Waals surface area contributed by atoms with E-state index in [0.717, 1.165) is 18.2 Å². The number of nitrogens with one attached hydrogen (secondary N) is 1. The second-order valence-corrected chi connectivity index (χ2v) is 11.9. The van der Waals surface area contributed by atoms with Crippen LogP contribution < -0.4 is 9.62 Å². The third kappa shape index (κ3) is 9.13. The summed E-state index contributed by atoms with van der Waals surface area (Å²) in [5, 5.41) is 22.2. The highest BCUT2D eigenvalue weighted by Gasteiger charge is 2.71. The fourth-order valence-electron chi connectivity index (χ4n) is 4.38. The van der Waals surface area contributed by atoms with Crippen molar-refractivity contribution in [2.75, 3.05) is 17.5 Å². The van der Waals surface area contributed by atoms with Crippen LogP contribution in [0.3, 0.4) is 0 Å². The van der Waals surface area contributed by atoms with Gasteiger partial charge in [-0.1, -0.05) is 35.3 Å². The largest absolute Gasteiger partial charge is 0.430 e. The van der Waals surface area contributed by atoms with Crippen molar-refractivity contribution < 1.29 is 49.9 Å². The van der Waals surface area contributed by atoms with Crippen molar-refractivity contribution in [3.63, 3.8) is 0 Å². The summed E-state index contributed by atoms with van der Waals surface area (Å²) < 4.78 is 106. The molecular weight excluding hydrogens is 688 g/mol. The number of rotatable bonds is 6. The van der Waals surface area contributed by atoms with Gasteiger partial charge in [-0.25, -0.2) is 8.60 Å². The molecule has 0 fully saturated rings. The SMILES string of the molecule is C#C.CC(=O)NC(CO)c1cc(Cl)cc(Cl)c1.O=S(c1ccc(F)cc1)N1CCCc2cc(C(O)(C(F)(F)F)C(F)(F)F)ccc21. The van der Waals surface area contributed by atoms with E-state index in [1.165, 1.54) is 23.4 Å². The van der Waals surface area contributed by atoms with Crippen LogP contribution in [0, 0.1) is 18.7 Å². The van der Waals surface area contributed by atoms with Gasteiger partial charge in [-0.05, 0) is 72.5 Å². The molecule has 0 bridgehead atoms. The average Bonchev–Trinajstić information content (AvgIpc) is 2.98. The first-order valence-corrected chi connectivity index (χ1v) is 14.9. The van der Waals surface area contributed by atoms with Crippen LogP contribution in [0.1, 0.15) is 36.1 Å². The standard InChI is InChI=1S/C18H14F7NO2S.C10H11Cl2NO2.C2H2/c19-13-4-6-14(7-5-13)29(28)26-9-1-2-11-10-12(3-8-15(11)26)16(27,17(20,21)22)18(23,24)25;1-6(15)13-10(5-14)7-2-8(11)4-9(12)3-7;1-2/h3-8,10,27H,1-2,9H2;2-4,10,14H,5H2,1H3,(H,13,15);1-2H. The minimum Gasteiger partial charge on any atom is -0.394 e. The lowest BCUT2D eigenvalue weighted by molar-refractivity contribution is -0.376. The summed E-state index contributed by atoms with van der Waals surface area (Å²) in [4.78, 5) is 11.1. The summed E-state index contributed by atoms with van der Waals surface area (Å²) in [6.07, 6.45) is -3.50. The molecule has 250 valence electrons. The molecule has 0 radical (unpaired) electrons.